The molecule has 0 fully saturated rings. The Labute approximate surface area is 89.8 Å². The lowest BCUT2D eigenvalue weighted by molar-refractivity contribution is 0.0943. The van der Waals surface area contributed by atoms with Gasteiger partial charge in [0.25, 0.3) is 5.91 Å². The van der Waals surface area contributed by atoms with Gasteiger partial charge in [-0.1, -0.05) is 12.1 Å². The van der Waals surface area contributed by atoms with Crippen LogP contribution in [0, 0.1) is 0 Å². The summed E-state index contributed by atoms with van der Waals surface area (Å²) >= 11 is 0. The number of nitrogens with two attached hydrogens (primary N) is 1. The zero-order valence-corrected chi connectivity index (χ0v) is 9.08. The average Bonchev–Trinajstić information content (AvgIpc) is 2.18. The Morgan fingerprint density at radius 1 is 1.33 bits per heavy atom. The van der Waals surface area contributed by atoms with Gasteiger partial charge in [0.15, 0.2) is 0 Å². The molecule has 0 aliphatic heterocycles. The molecule has 0 saturated carbocycles. The van der Waals surface area contributed by atoms with Gasteiger partial charge >= 0.3 is 0 Å². The maximum atomic E-state index is 11.6. The molecule has 0 bridgehead atoms. The van der Waals surface area contributed by atoms with E-state index in [1.54, 1.807) is 12.1 Å². The van der Waals surface area contributed by atoms with Crippen molar-refractivity contribution in [1.29, 1.82) is 0 Å². The van der Waals surface area contributed by atoms with Crippen LogP contribution in [0.2, 0.25) is 0 Å². The van der Waals surface area contributed by atoms with Gasteiger partial charge in [-0.3, -0.25) is 16.1 Å². The summed E-state index contributed by atoms with van der Waals surface area (Å²) in [7, 11) is 0. The highest BCUT2D eigenvalue weighted by molar-refractivity contribution is 5.94. The van der Waals surface area contributed by atoms with Crippen molar-refractivity contribution < 1.29 is 4.79 Å². The van der Waals surface area contributed by atoms with Gasteiger partial charge in [-0.2, -0.15) is 0 Å². The Balaban J connectivity index is 2.67. The molecular formula is C11H17N3O. The summed E-state index contributed by atoms with van der Waals surface area (Å²) in [5.74, 6) is 5.15. The van der Waals surface area contributed by atoms with E-state index >= 15 is 0 Å². The van der Waals surface area contributed by atoms with Crippen LogP contribution in [0.5, 0.6) is 0 Å². The summed E-state index contributed by atoms with van der Waals surface area (Å²) in [6, 6.07) is 7.52. The van der Waals surface area contributed by atoms with E-state index < -0.39 is 0 Å². The van der Waals surface area contributed by atoms with E-state index in [0.29, 0.717) is 12.1 Å². The number of hydrogen-bond acceptors (Lipinski definition) is 3. The molecule has 1 amide bonds. The molecule has 0 saturated heterocycles. The van der Waals surface area contributed by atoms with Crippen LogP contribution < -0.4 is 16.6 Å². The van der Waals surface area contributed by atoms with E-state index in [2.05, 4.69) is 10.7 Å². The van der Waals surface area contributed by atoms with Gasteiger partial charge in [0.05, 0.1) is 0 Å². The molecular weight excluding hydrogens is 190 g/mol. The Bertz CT molecular complexity index is 319. The summed E-state index contributed by atoms with van der Waals surface area (Å²) in [5, 5.41) is 2.83. The van der Waals surface area contributed by atoms with E-state index in [4.69, 9.17) is 5.84 Å². The van der Waals surface area contributed by atoms with Crippen molar-refractivity contribution in [3.63, 3.8) is 0 Å². The van der Waals surface area contributed by atoms with E-state index in [-0.39, 0.29) is 11.9 Å². The molecule has 0 aromatic heterocycles. The first-order valence-electron chi connectivity index (χ1n) is 4.96. The molecule has 0 heterocycles. The highest BCUT2D eigenvalue weighted by Gasteiger charge is 2.05. The van der Waals surface area contributed by atoms with Crippen molar-refractivity contribution in [2.24, 2.45) is 5.84 Å². The van der Waals surface area contributed by atoms with E-state index in [9.17, 15) is 4.79 Å². The molecule has 0 atom stereocenters. The van der Waals surface area contributed by atoms with Gasteiger partial charge in [0, 0.05) is 18.2 Å². The van der Waals surface area contributed by atoms with Crippen molar-refractivity contribution in [1.82, 2.24) is 10.7 Å². The second-order valence-corrected chi connectivity index (χ2v) is 3.71. The zero-order chi connectivity index (χ0) is 11.3. The number of hydrogen-bond donors (Lipinski definition) is 3. The van der Waals surface area contributed by atoms with Crippen LogP contribution in [0.4, 0.5) is 0 Å². The predicted molar refractivity (Wildman–Crippen MR) is 60.1 cm³/mol. The lowest BCUT2D eigenvalue weighted by Crippen LogP contribution is -2.30. The van der Waals surface area contributed by atoms with Crippen molar-refractivity contribution in [3.05, 3.63) is 35.4 Å². The van der Waals surface area contributed by atoms with Crippen molar-refractivity contribution >= 4 is 5.91 Å². The van der Waals surface area contributed by atoms with Crippen LogP contribution in [0.3, 0.4) is 0 Å². The molecule has 4 heteroatoms. The van der Waals surface area contributed by atoms with Crippen LogP contribution in [0.1, 0.15) is 29.8 Å². The maximum absolute atomic E-state index is 11.6. The molecule has 0 spiro atoms. The molecule has 82 valence electrons. The Morgan fingerprint density at radius 2 is 1.93 bits per heavy atom. The highest BCUT2D eigenvalue weighted by atomic mass is 16.1. The van der Waals surface area contributed by atoms with Crippen LogP contribution in [-0.2, 0) is 6.54 Å². The van der Waals surface area contributed by atoms with Gasteiger partial charge in [-0.05, 0) is 31.5 Å². The third-order valence-corrected chi connectivity index (χ3v) is 1.94. The van der Waals surface area contributed by atoms with Crippen LogP contribution in [-0.4, -0.2) is 11.9 Å². The average molecular weight is 207 g/mol. The molecule has 0 unspecified atom stereocenters. The van der Waals surface area contributed by atoms with E-state index in [1.165, 1.54) is 0 Å². The van der Waals surface area contributed by atoms with E-state index in [1.807, 2.05) is 26.0 Å². The van der Waals surface area contributed by atoms with Gasteiger partial charge in [-0.15, -0.1) is 0 Å². The van der Waals surface area contributed by atoms with Gasteiger partial charge < -0.3 is 5.32 Å². The number of carbonyl (C=O) groups excluding carboxylic acids is 1. The Kier molecular flexibility index (Phi) is 4.27. The molecule has 1 rings (SSSR count). The fourth-order valence-corrected chi connectivity index (χ4v) is 1.24. The SMILES string of the molecule is CC(C)NC(=O)c1ccc(CNN)cc1. The quantitative estimate of drug-likeness (QED) is 0.505. The number of nitrogens with one attached hydrogen (secondary N) is 2. The predicted octanol–water partition coefficient (Wildman–Crippen LogP) is 0.788. The monoisotopic (exact) mass is 207 g/mol. The maximum Gasteiger partial charge on any atom is 0.251 e. The van der Waals surface area contributed by atoms with Crippen molar-refractivity contribution in [3.8, 4) is 0 Å². The number of hydrazine groups is 1. The van der Waals surface area contributed by atoms with Crippen LogP contribution in [0.15, 0.2) is 24.3 Å². The minimum absolute atomic E-state index is 0.0442. The van der Waals surface area contributed by atoms with Gasteiger partial charge in [-0.25, -0.2) is 0 Å². The Hall–Kier alpha value is -1.39. The van der Waals surface area contributed by atoms with E-state index in [0.717, 1.165) is 5.56 Å². The molecule has 15 heavy (non-hydrogen) atoms. The number of amides is 1. The third-order valence-electron chi connectivity index (χ3n) is 1.94. The van der Waals surface area contributed by atoms with Crippen LogP contribution >= 0.6 is 0 Å². The summed E-state index contributed by atoms with van der Waals surface area (Å²) in [6.45, 7) is 4.47. The molecule has 0 aliphatic carbocycles. The van der Waals surface area contributed by atoms with Gasteiger partial charge in [0.2, 0.25) is 0 Å². The normalized spacial score (nSPS) is 10.4. The third kappa shape index (κ3) is 3.69. The van der Waals surface area contributed by atoms with Gasteiger partial charge in [0.1, 0.15) is 0 Å². The molecule has 4 N–H and O–H groups in total. The molecule has 1 aromatic rings. The number of carbonyl (C=O) groups is 1. The second kappa shape index (κ2) is 5.48. The fraction of sp³-hybridized carbons (Fsp3) is 0.364. The Morgan fingerprint density at radius 3 is 2.40 bits per heavy atom. The zero-order valence-electron chi connectivity index (χ0n) is 9.08. The molecule has 0 aliphatic rings. The van der Waals surface area contributed by atoms with Crippen molar-refractivity contribution in [2.75, 3.05) is 0 Å². The minimum Gasteiger partial charge on any atom is -0.350 e. The highest BCUT2D eigenvalue weighted by Crippen LogP contribution is 2.04. The number of benzene rings is 1. The standard InChI is InChI=1S/C11H17N3O/c1-8(2)14-11(15)10-5-3-9(4-6-10)7-13-12/h3-6,8,13H,7,12H2,1-2H3,(H,14,15). The van der Waals surface area contributed by atoms with Crippen LogP contribution in [0.25, 0.3) is 0 Å². The summed E-state index contributed by atoms with van der Waals surface area (Å²) in [5.41, 5.74) is 4.29. The molecule has 0 radical (unpaired) electrons. The lowest BCUT2D eigenvalue weighted by Gasteiger charge is -2.08. The molecule has 4 nitrogen and oxygen atoms in total. The topological polar surface area (TPSA) is 67.2 Å². The summed E-state index contributed by atoms with van der Waals surface area (Å²) in [6.07, 6.45) is 0. The minimum atomic E-state index is -0.0442. The fourth-order valence-electron chi connectivity index (χ4n) is 1.24. The first kappa shape index (κ1) is 11.7. The summed E-state index contributed by atoms with van der Waals surface area (Å²) in [4.78, 5) is 11.6. The first-order valence-corrected chi connectivity index (χ1v) is 4.96. The smallest absolute Gasteiger partial charge is 0.251 e. The summed E-state index contributed by atoms with van der Waals surface area (Å²) < 4.78 is 0. The first-order chi connectivity index (χ1) is 7.13. The van der Waals surface area contributed by atoms with Crippen molar-refractivity contribution in [2.45, 2.75) is 26.4 Å². The second-order valence-electron chi connectivity index (χ2n) is 3.71. The molecule has 1 aromatic carbocycles. The largest absolute Gasteiger partial charge is 0.350 e. The number of rotatable bonds is 4. The lowest BCUT2D eigenvalue weighted by atomic mass is 10.1.